The lowest BCUT2D eigenvalue weighted by atomic mass is 10.1. The molecule has 1 unspecified atom stereocenters. The average Bonchev–Trinajstić information content (AvgIpc) is 2.25. The van der Waals surface area contributed by atoms with Crippen molar-refractivity contribution >= 4 is 11.8 Å². The molecule has 1 N–H and O–H groups in total. The van der Waals surface area contributed by atoms with Crippen molar-refractivity contribution in [3.8, 4) is 0 Å². The fourth-order valence-corrected chi connectivity index (χ4v) is 2.26. The largest absolute Gasteiger partial charge is 0.316 e. The molecule has 0 radical (unpaired) electrons. The van der Waals surface area contributed by atoms with E-state index in [1.807, 2.05) is 37.3 Å². The second-order valence-electron chi connectivity index (χ2n) is 3.93. The molecule has 0 spiro atoms. The van der Waals surface area contributed by atoms with E-state index in [1.54, 1.807) is 0 Å². The third kappa shape index (κ3) is 5.19. The van der Waals surface area contributed by atoms with Gasteiger partial charge in [-0.15, -0.1) is 0 Å². The lowest BCUT2D eigenvalue weighted by Crippen LogP contribution is -2.30. The van der Waals surface area contributed by atoms with Gasteiger partial charge in [0.2, 0.25) is 0 Å². The van der Waals surface area contributed by atoms with E-state index in [0.717, 1.165) is 12.2 Å². The highest BCUT2D eigenvalue weighted by atomic mass is 32.2. The van der Waals surface area contributed by atoms with Crippen molar-refractivity contribution in [2.24, 2.45) is 0 Å². The van der Waals surface area contributed by atoms with Crippen LogP contribution in [0, 0.1) is 0 Å². The minimum atomic E-state index is 0.543. The van der Waals surface area contributed by atoms with E-state index in [2.05, 4.69) is 30.2 Å². The van der Waals surface area contributed by atoms with Crippen molar-refractivity contribution in [2.45, 2.75) is 31.6 Å². The molecule has 1 rings (SSSR count). The van der Waals surface area contributed by atoms with Gasteiger partial charge in [-0.25, -0.2) is 0 Å². The van der Waals surface area contributed by atoms with Gasteiger partial charge in [0.25, 0.3) is 0 Å². The average molecular weight is 224 g/mol. The number of rotatable bonds is 6. The Labute approximate surface area is 96.9 Å². The van der Waals surface area contributed by atoms with E-state index in [-0.39, 0.29) is 0 Å². The molecule has 0 aliphatic carbocycles. The van der Waals surface area contributed by atoms with Crippen LogP contribution >= 0.6 is 11.8 Å². The fourth-order valence-electron chi connectivity index (χ4n) is 1.36. The lowest BCUT2D eigenvalue weighted by molar-refractivity contribution is 0.615. The van der Waals surface area contributed by atoms with E-state index in [4.69, 9.17) is 0 Å². The van der Waals surface area contributed by atoms with Crippen LogP contribution in [-0.2, 0) is 6.42 Å². The van der Waals surface area contributed by atoms with Crippen LogP contribution in [0.4, 0.5) is 0 Å². The molecule has 3 heteroatoms. The van der Waals surface area contributed by atoms with Crippen LogP contribution in [0.25, 0.3) is 0 Å². The summed E-state index contributed by atoms with van der Waals surface area (Å²) in [6.45, 7) is 4.48. The normalized spacial score (nSPS) is 13.1. The molecule has 2 nitrogen and oxygen atoms in total. The highest BCUT2D eigenvalue weighted by Crippen LogP contribution is 2.12. The summed E-state index contributed by atoms with van der Waals surface area (Å²) in [5.41, 5.74) is 1.31. The molecule has 0 amide bonds. The second kappa shape index (κ2) is 6.85. The predicted octanol–water partition coefficient (Wildman–Crippen LogP) is 2.35. The van der Waals surface area contributed by atoms with Gasteiger partial charge < -0.3 is 5.32 Å². The van der Waals surface area contributed by atoms with Crippen molar-refractivity contribution in [1.82, 2.24) is 10.3 Å². The molecule has 15 heavy (non-hydrogen) atoms. The summed E-state index contributed by atoms with van der Waals surface area (Å²) in [5.74, 6) is 1.16. The second-order valence-corrected chi connectivity index (χ2v) is 5.54. The molecule has 1 atom stereocenters. The number of pyridine rings is 1. The van der Waals surface area contributed by atoms with Gasteiger partial charge in [0.1, 0.15) is 0 Å². The van der Waals surface area contributed by atoms with Gasteiger partial charge in [0.15, 0.2) is 0 Å². The van der Waals surface area contributed by atoms with Crippen LogP contribution in [0.3, 0.4) is 0 Å². The first-order valence-corrected chi connectivity index (χ1v) is 6.45. The van der Waals surface area contributed by atoms with Gasteiger partial charge in [-0.1, -0.05) is 19.9 Å². The maximum atomic E-state index is 4.13. The topological polar surface area (TPSA) is 24.9 Å². The molecule has 0 aliphatic heterocycles. The molecule has 0 bridgehead atoms. The van der Waals surface area contributed by atoms with E-state index in [1.165, 1.54) is 5.56 Å². The van der Waals surface area contributed by atoms with Crippen LogP contribution in [0.15, 0.2) is 24.5 Å². The fraction of sp³-hybridized carbons (Fsp3) is 0.583. The maximum absolute atomic E-state index is 4.13. The minimum Gasteiger partial charge on any atom is -0.316 e. The van der Waals surface area contributed by atoms with Crippen LogP contribution in [0.5, 0.6) is 0 Å². The number of thioether (sulfide) groups is 1. The molecular formula is C12H20N2S. The van der Waals surface area contributed by atoms with Crippen LogP contribution in [0.2, 0.25) is 0 Å². The van der Waals surface area contributed by atoms with Crippen molar-refractivity contribution in [2.75, 3.05) is 12.8 Å². The van der Waals surface area contributed by atoms with Crippen LogP contribution in [-0.4, -0.2) is 29.1 Å². The number of nitrogens with one attached hydrogen (secondary N) is 1. The molecule has 1 aromatic heterocycles. The minimum absolute atomic E-state index is 0.543. The summed E-state index contributed by atoms with van der Waals surface area (Å²) in [4.78, 5) is 4.13. The summed E-state index contributed by atoms with van der Waals surface area (Å²) in [5, 5.41) is 4.06. The number of aromatic nitrogens is 1. The first-order valence-electron chi connectivity index (χ1n) is 5.40. The molecule has 0 aliphatic rings. The van der Waals surface area contributed by atoms with Gasteiger partial charge in [0, 0.05) is 24.2 Å². The highest BCUT2D eigenvalue weighted by molar-refractivity contribution is 7.99. The molecular weight excluding hydrogens is 204 g/mol. The zero-order valence-corrected chi connectivity index (χ0v) is 10.6. The Morgan fingerprint density at radius 1 is 1.47 bits per heavy atom. The third-order valence-corrected chi connectivity index (χ3v) is 3.51. The smallest absolute Gasteiger partial charge is 0.0300 e. The van der Waals surface area contributed by atoms with Crippen molar-refractivity contribution in [3.63, 3.8) is 0 Å². The van der Waals surface area contributed by atoms with Gasteiger partial charge in [-0.2, -0.15) is 11.8 Å². The molecule has 0 saturated heterocycles. The molecule has 0 fully saturated rings. The van der Waals surface area contributed by atoms with Gasteiger partial charge in [-0.05, 0) is 30.3 Å². The Balaban J connectivity index is 2.40. The maximum Gasteiger partial charge on any atom is 0.0300 e. The van der Waals surface area contributed by atoms with Gasteiger partial charge >= 0.3 is 0 Å². The van der Waals surface area contributed by atoms with Crippen LogP contribution < -0.4 is 5.32 Å². The molecule has 1 aromatic rings. The van der Waals surface area contributed by atoms with Crippen molar-refractivity contribution in [1.29, 1.82) is 0 Å². The standard InChI is InChI=1S/C12H20N2S/c1-10(2)15-9-12(13-3)7-11-5-4-6-14-8-11/h4-6,8,10,12-13H,7,9H2,1-3H3. The summed E-state index contributed by atoms with van der Waals surface area (Å²) in [6, 6.07) is 4.68. The van der Waals surface area contributed by atoms with Gasteiger partial charge in [-0.3, -0.25) is 4.98 Å². The summed E-state index contributed by atoms with van der Waals surface area (Å²) in [6.07, 6.45) is 4.83. The monoisotopic (exact) mass is 224 g/mol. The number of nitrogens with zero attached hydrogens (tertiary/aromatic N) is 1. The quantitative estimate of drug-likeness (QED) is 0.803. The zero-order chi connectivity index (χ0) is 11.1. The zero-order valence-electron chi connectivity index (χ0n) is 9.73. The molecule has 0 aromatic carbocycles. The van der Waals surface area contributed by atoms with Crippen LogP contribution in [0.1, 0.15) is 19.4 Å². The van der Waals surface area contributed by atoms with Crippen molar-refractivity contribution in [3.05, 3.63) is 30.1 Å². The van der Waals surface area contributed by atoms with E-state index < -0.39 is 0 Å². The lowest BCUT2D eigenvalue weighted by Gasteiger charge is -2.16. The highest BCUT2D eigenvalue weighted by Gasteiger charge is 2.08. The van der Waals surface area contributed by atoms with E-state index in [9.17, 15) is 0 Å². The Hall–Kier alpha value is -0.540. The number of hydrogen-bond donors (Lipinski definition) is 1. The number of hydrogen-bond acceptors (Lipinski definition) is 3. The Morgan fingerprint density at radius 3 is 2.80 bits per heavy atom. The predicted molar refractivity (Wildman–Crippen MR) is 68.4 cm³/mol. The Kier molecular flexibility index (Phi) is 5.73. The molecule has 84 valence electrons. The molecule has 0 saturated carbocycles. The first kappa shape index (κ1) is 12.5. The number of likely N-dealkylation sites (N-methyl/N-ethyl adjacent to an activating group) is 1. The third-order valence-electron chi connectivity index (χ3n) is 2.24. The van der Waals surface area contributed by atoms with Crippen molar-refractivity contribution < 1.29 is 0 Å². The SMILES string of the molecule is CNC(CSC(C)C)Cc1cccnc1. The van der Waals surface area contributed by atoms with Gasteiger partial charge in [0.05, 0.1) is 0 Å². The molecule has 1 heterocycles. The van der Waals surface area contributed by atoms with E-state index in [0.29, 0.717) is 11.3 Å². The Morgan fingerprint density at radius 2 is 2.27 bits per heavy atom. The summed E-state index contributed by atoms with van der Waals surface area (Å²) in [7, 11) is 2.03. The first-order chi connectivity index (χ1) is 7.22. The summed E-state index contributed by atoms with van der Waals surface area (Å²) < 4.78 is 0. The Bertz CT molecular complexity index is 262. The van der Waals surface area contributed by atoms with E-state index >= 15 is 0 Å². The summed E-state index contributed by atoms with van der Waals surface area (Å²) >= 11 is 2.00.